The molecule has 1 atom stereocenters. The van der Waals surface area contributed by atoms with E-state index >= 15 is 0 Å². The molecule has 1 unspecified atom stereocenters. The number of halogens is 1. The maximum absolute atomic E-state index is 11.1. The van der Waals surface area contributed by atoms with Gasteiger partial charge in [0, 0.05) is 33.0 Å². The monoisotopic (exact) mass is 312 g/mol. The molecule has 2 rings (SSSR count). The molecule has 0 aliphatic rings. The van der Waals surface area contributed by atoms with Crippen molar-refractivity contribution in [1.29, 1.82) is 0 Å². The predicted molar refractivity (Wildman–Crippen MR) is 73.6 cm³/mol. The van der Waals surface area contributed by atoms with E-state index in [1.807, 2.05) is 21.6 Å². The van der Waals surface area contributed by atoms with E-state index < -0.39 is 0 Å². The number of carbonyl (C=O) groups is 1. The van der Waals surface area contributed by atoms with E-state index in [9.17, 15) is 4.79 Å². The number of hydrogen-bond acceptors (Lipinski definition) is 3. The van der Waals surface area contributed by atoms with Crippen LogP contribution in [0.2, 0.25) is 0 Å². The lowest BCUT2D eigenvalue weighted by atomic mass is 10.2. The first-order valence-corrected chi connectivity index (χ1v) is 7.17. The van der Waals surface area contributed by atoms with Crippen LogP contribution in [-0.2, 0) is 0 Å². The molecule has 2 aromatic heterocycles. The van der Waals surface area contributed by atoms with Crippen LogP contribution in [0, 0.1) is 0 Å². The van der Waals surface area contributed by atoms with E-state index in [0.29, 0.717) is 11.6 Å². The number of rotatable bonds is 4. The molecule has 0 N–H and O–H groups in total. The second-order valence-corrected chi connectivity index (χ2v) is 5.52. The molecule has 5 heteroatoms. The quantitative estimate of drug-likeness (QED) is 0.795. The molecule has 17 heavy (non-hydrogen) atoms. The van der Waals surface area contributed by atoms with Gasteiger partial charge in [-0.2, -0.15) is 16.4 Å². The van der Waals surface area contributed by atoms with Crippen LogP contribution in [0.25, 0.3) is 11.3 Å². The van der Waals surface area contributed by atoms with Gasteiger partial charge in [0.25, 0.3) is 0 Å². The van der Waals surface area contributed by atoms with Crippen molar-refractivity contribution in [2.75, 3.05) is 0 Å². The van der Waals surface area contributed by atoms with Crippen LogP contribution in [0.15, 0.2) is 21.4 Å². The summed E-state index contributed by atoms with van der Waals surface area (Å²) in [5.41, 5.74) is 2.39. The minimum Gasteiger partial charge on any atom is -0.298 e. The van der Waals surface area contributed by atoms with Gasteiger partial charge in [0.15, 0.2) is 6.29 Å². The third kappa shape index (κ3) is 2.35. The third-order valence-corrected chi connectivity index (χ3v) is 4.50. The second-order valence-electron chi connectivity index (χ2n) is 3.92. The highest BCUT2D eigenvalue weighted by atomic mass is 79.9. The van der Waals surface area contributed by atoms with Crippen LogP contribution >= 0.6 is 27.3 Å². The topological polar surface area (TPSA) is 34.9 Å². The first kappa shape index (κ1) is 12.5. The van der Waals surface area contributed by atoms with Gasteiger partial charge in [0.1, 0.15) is 5.69 Å². The number of hydrogen-bond donors (Lipinski definition) is 0. The Balaban J connectivity index is 2.50. The van der Waals surface area contributed by atoms with Crippen LogP contribution in [0.4, 0.5) is 0 Å². The Kier molecular flexibility index (Phi) is 3.79. The van der Waals surface area contributed by atoms with Gasteiger partial charge in [0.2, 0.25) is 0 Å². The first-order valence-electron chi connectivity index (χ1n) is 5.43. The molecular formula is C12H13BrN2OS. The Labute approximate surface area is 113 Å². The van der Waals surface area contributed by atoms with E-state index in [1.54, 1.807) is 11.3 Å². The molecule has 0 saturated heterocycles. The summed E-state index contributed by atoms with van der Waals surface area (Å²) in [6.07, 6.45) is 3.68. The number of aromatic nitrogens is 2. The van der Waals surface area contributed by atoms with E-state index in [1.165, 1.54) is 0 Å². The molecule has 0 bridgehead atoms. The summed E-state index contributed by atoms with van der Waals surface area (Å²) >= 11 is 5.07. The van der Waals surface area contributed by atoms with Gasteiger partial charge in [-0.1, -0.05) is 6.92 Å². The van der Waals surface area contributed by atoms with Gasteiger partial charge in [-0.3, -0.25) is 9.48 Å². The van der Waals surface area contributed by atoms with Gasteiger partial charge in [0.05, 0.1) is 5.56 Å². The zero-order valence-corrected chi connectivity index (χ0v) is 12.1. The molecule has 0 radical (unpaired) electrons. The van der Waals surface area contributed by atoms with Gasteiger partial charge in [-0.25, -0.2) is 0 Å². The van der Waals surface area contributed by atoms with Crippen molar-refractivity contribution >= 4 is 33.6 Å². The zero-order chi connectivity index (χ0) is 12.4. The molecular weight excluding hydrogens is 300 g/mol. The normalized spacial score (nSPS) is 12.6. The molecule has 2 heterocycles. The zero-order valence-electron chi connectivity index (χ0n) is 9.68. The lowest BCUT2D eigenvalue weighted by Crippen LogP contribution is -2.03. The van der Waals surface area contributed by atoms with Crippen LogP contribution < -0.4 is 0 Å². The number of aldehydes is 1. The van der Waals surface area contributed by atoms with Gasteiger partial charge >= 0.3 is 0 Å². The van der Waals surface area contributed by atoms with Crippen molar-refractivity contribution in [1.82, 2.24) is 9.78 Å². The molecule has 0 aliphatic heterocycles. The van der Waals surface area contributed by atoms with Gasteiger partial charge in [-0.15, -0.1) is 0 Å². The van der Waals surface area contributed by atoms with Crippen LogP contribution in [-0.4, -0.2) is 16.1 Å². The Bertz CT molecular complexity index is 532. The number of thiophene rings is 1. The fourth-order valence-corrected chi connectivity index (χ4v) is 3.03. The largest absolute Gasteiger partial charge is 0.298 e. The standard InChI is InChI=1S/C12H13BrN2OS/c1-3-8(2)15-4-9(5-16)12(14-15)10-6-17-7-11(10)13/h4-8H,3H2,1-2H3. The summed E-state index contributed by atoms with van der Waals surface area (Å²) in [5.74, 6) is 0. The maximum Gasteiger partial charge on any atom is 0.153 e. The van der Waals surface area contributed by atoms with Crippen molar-refractivity contribution in [3.05, 3.63) is 27.0 Å². The fraction of sp³-hybridized carbons (Fsp3) is 0.333. The van der Waals surface area contributed by atoms with Crippen LogP contribution in [0.3, 0.4) is 0 Å². The average Bonchev–Trinajstić information content (AvgIpc) is 2.93. The van der Waals surface area contributed by atoms with Crippen molar-refractivity contribution in [2.24, 2.45) is 0 Å². The molecule has 2 aromatic rings. The summed E-state index contributed by atoms with van der Waals surface area (Å²) in [6, 6.07) is 0.305. The van der Waals surface area contributed by atoms with E-state index in [-0.39, 0.29) is 0 Å². The van der Waals surface area contributed by atoms with Crippen LogP contribution in [0.1, 0.15) is 36.7 Å². The Morgan fingerprint density at radius 1 is 1.59 bits per heavy atom. The Hall–Kier alpha value is -0.940. The molecule has 0 aliphatic carbocycles. The summed E-state index contributed by atoms with van der Waals surface area (Å²) in [4.78, 5) is 11.1. The van der Waals surface area contributed by atoms with E-state index in [2.05, 4.69) is 34.9 Å². The van der Waals surface area contributed by atoms with Gasteiger partial charge < -0.3 is 0 Å². The van der Waals surface area contributed by atoms with Crippen molar-refractivity contribution in [3.63, 3.8) is 0 Å². The maximum atomic E-state index is 11.1. The first-order chi connectivity index (χ1) is 8.17. The van der Waals surface area contributed by atoms with Gasteiger partial charge in [-0.05, 0) is 29.3 Å². The second kappa shape index (κ2) is 5.14. The summed E-state index contributed by atoms with van der Waals surface area (Å²) in [7, 11) is 0. The van der Waals surface area contributed by atoms with Crippen molar-refractivity contribution < 1.29 is 4.79 Å². The molecule has 0 amide bonds. The SMILES string of the molecule is CCC(C)n1cc(C=O)c(-c2cscc2Br)n1. The average molecular weight is 313 g/mol. The number of nitrogens with zero attached hydrogens (tertiary/aromatic N) is 2. The van der Waals surface area contributed by atoms with Crippen molar-refractivity contribution in [2.45, 2.75) is 26.3 Å². The highest BCUT2D eigenvalue weighted by Gasteiger charge is 2.15. The lowest BCUT2D eigenvalue weighted by molar-refractivity contribution is 0.112. The molecule has 3 nitrogen and oxygen atoms in total. The Morgan fingerprint density at radius 3 is 2.88 bits per heavy atom. The highest BCUT2D eigenvalue weighted by molar-refractivity contribution is 9.10. The highest BCUT2D eigenvalue weighted by Crippen LogP contribution is 2.32. The molecule has 0 fully saturated rings. The van der Waals surface area contributed by atoms with E-state index in [4.69, 9.17) is 0 Å². The summed E-state index contributed by atoms with van der Waals surface area (Å²) < 4.78 is 2.85. The summed E-state index contributed by atoms with van der Waals surface area (Å²) in [5, 5.41) is 8.51. The smallest absolute Gasteiger partial charge is 0.153 e. The molecule has 0 spiro atoms. The molecule has 90 valence electrons. The third-order valence-electron chi connectivity index (χ3n) is 2.80. The Morgan fingerprint density at radius 2 is 2.35 bits per heavy atom. The van der Waals surface area contributed by atoms with Crippen LogP contribution in [0.5, 0.6) is 0 Å². The molecule has 0 saturated carbocycles. The predicted octanol–water partition coefficient (Wildman–Crippen LogP) is 4.16. The van der Waals surface area contributed by atoms with Crippen molar-refractivity contribution in [3.8, 4) is 11.3 Å². The summed E-state index contributed by atoms with van der Waals surface area (Å²) in [6.45, 7) is 4.20. The fourth-order valence-electron chi connectivity index (χ4n) is 1.56. The lowest BCUT2D eigenvalue weighted by Gasteiger charge is -2.07. The number of carbonyl (C=O) groups excluding carboxylic acids is 1. The minimum atomic E-state index is 0.305. The minimum absolute atomic E-state index is 0.305. The molecule has 0 aromatic carbocycles. The van der Waals surface area contributed by atoms with E-state index in [0.717, 1.165) is 28.4 Å².